The normalized spacial score (nSPS) is 18.9. The van der Waals surface area contributed by atoms with Crippen LogP contribution in [0.5, 0.6) is 0 Å². The Bertz CT molecular complexity index is 516. The monoisotopic (exact) mass is 278 g/mol. The predicted molar refractivity (Wildman–Crippen MR) is 78.9 cm³/mol. The zero-order valence-corrected chi connectivity index (χ0v) is 12.5. The third-order valence-electron chi connectivity index (χ3n) is 3.99. The number of nitrogens with two attached hydrogens (primary N) is 1. The van der Waals surface area contributed by atoms with Crippen molar-refractivity contribution in [2.45, 2.75) is 19.4 Å². The summed E-state index contributed by atoms with van der Waals surface area (Å²) in [7, 11) is 3.46. The molecule has 1 aromatic rings. The summed E-state index contributed by atoms with van der Waals surface area (Å²) in [6.45, 7) is 6.93. The minimum Gasteiger partial charge on any atom is -0.465 e. The quantitative estimate of drug-likeness (QED) is 0.813. The summed E-state index contributed by atoms with van der Waals surface area (Å²) in [5.74, 6) is 0.230. The van der Waals surface area contributed by atoms with E-state index in [0.29, 0.717) is 17.1 Å². The standard InChI is InChI=1S/C14H22N4O2/c1-14(2)9-18(8-7-17(14)3)12-11(15)10(5-6-16-12)13(19)20-4/h5-6H,7-9,15H2,1-4H3. The van der Waals surface area contributed by atoms with Crippen LogP contribution in [0.2, 0.25) is 0 Å². The fourth-order valence-corrected chi connectivity index (χ4v) is 2.42. The third-order valence-corrected chi connectivity index (χ3v) is 3.99. The maximum Gasteiger partial charge on any atom is 0.340 e. The molecule has 20 heavy (non-hydrogen) atoms. The van der Waals surface area contributed by atoms with Gasteiger partial charge in [-0.3, -0.25) is 4.90 Å². The van der Waals surface area contributed by atoms with Gasteiger partial charge in [-0.15, -0.1) is 0 Å². The van der Waals surface area contributed by atoms with Crippen molar-refractivity contribution in [3.8, 4) is 0 Å². The molecule has 1 aromatic heterocycles. The molecule has 0 amide bonds. The average Bonchev–Trinajstić information content (AvgIpc) is 2.41. The Labute approximate surface area is 119 Å². The van der Waals surface area contributed by atoms with Gasteiger partial charge in [-0.2, -0.15) is 0 Å². The van der Waals surface area contributed by atoms with Crippen LogP contribution in [0.25, 0.3) is 0 Å². The summed E-state index contributed by atoms with van der Waals surface area (Å²) in [4.78, 5) is 20.5. The molecule has 1 saturated heterocycles. The first kappa shape index (κ1) is 14.6. The number of nitrogen functional groups attached to an aromatic ring is 1. The van der Waals surface area contributed by atoms with Crippen LogP contribution >= 0.6 is 0 Å². The van der Waals surface area contributed by atoms with E-state index in [4.69, 9.17) is 10.5 Å². The number of likely N-dealkylation sites (N-methyl/N-ethyl adjacent to an activating group) is 1. The van der Waals surface area contributed by atoms with Crippen LogP contribution in [0.15, 0.2) is 12.3 Å². The van der Waals surface area contributed by atoms with E-state index >= 15 is 0 Å². The van der Waals surface area contributed by atoms with Crippen molar-refractivity contribution in [2.75, 3.05) is 44.4 Å². The van der Waals surface area contributed by atoms with E-state index in [9.17, 15) is 4.79 Å². The minimum absolute atomic E-state index is 0.0354. The number of carbonyl (C=O) groups excluding carboxylic acids is 1. The zero-order valence-electron chi connectivity index (χ0n) is 12.5. The zero-order chi connectivity index (χ0) is 14.9. The molecule has 6 nitrogen and oxygen atoms in total. The Morgan fingerprint density at radius 1 is 1.45 bits per heavy atom. The van der Waals surface area contributed by atoms with Gasteiger partial charge < -0.3 is 15.4 Å². The van der Waals surface area contributed by atoms with E-state index in [1.54, 1.807) is 12.3 Å². The van der Waals surface area contributed by atoms with Gasteiger partial charge in [-0.25, -0.2) is 9.78 Å². The molecule has 0 bridgehead atoms. The molecule has 6 heteroatoms. The van der Waals surface area contributed by atoms with Crippen molar-refractivity contribution in [1.29, 1.82) is 0 Å². The summed E-state index contributed by atoms with van der Waals surface area (Å²) in [5, 5.41) is 0. The average molecular weight is 278 g/mol. The van der Waals surface area contributed by atoms with Crippen LogP contribution in [-0.4, -0.2) is 55.2 Å². The van der Waals surface area contributed by atoms with Crippen LogP contribution in [0.1, 0.15) is 24.2 Å². The fourth-order valence-electron chi connectivity index (χ4n) is 2.42. The summed E-state index contributed by atoms with van der Waals surface area (Å²) in [6.07, 6.45) is 1.60. The molecule has 0 unspecified atom stereocenters. The van der Waals surface area contributed by atoms with Gasteiger partial charge in [0, 0.05) is 31.4 Å². The smallest absolute Gasteiger partial charge is 0.340 e. The summed E-state index contributed by atoms with van der Waals surface area (Å²) < 4.78 is 4.74. The molecule has 0 aromatic carbocycles. The lowest BCUT2D eigenvalue weighted by molar-refractivity contribution is 0.0602. The first-order valence-electron chi connectivity index (χ1n) is 6.66. The number of aromatic nitrogens is 1. The Morgan fingerprint density at radius 2 is 2.15 bits per heavy atom. The molecule has 2 heterocycles. The first-order valence-corrected chi connectivity index (χ1v) is 6.66. The Morgan fingerprint density at radius 3 is 2.75 bits per heavy atom. The van der Waals surface area contributed by atoms with Gasteiger partial charge in [-0.05, 0) is 27.0 Å². The van der Waals surface area contributed by atoms with E-state index < -0.39 is 5.97 Å². The van der Waals surface area contributed by atoms with Gasteiger partial charge in [0.05, 0.1) is 18.4 Å². The summed E-state index contributed by atoms with van der Waals surface area (Å²) in [5.41, 5.74) is 6.89. The van der Waals surface area contributed by atoms with Crippen LogP contribution in [-0.2, 0) is 4.74 Å². The van der Waals surface area contributed by atoms with Crippen LogP contribution in [0, 0.1) is 0 Å². The number of hydrogen-bond acceptors (Lipinski definition) is 6. The third kappa shape index (κ3) is 2.56. The molecule has 1 fully saturated rings. The van der Waals surface area contributed by atoms with E-state index in [1.165, 1.54) is 7.11 Å². The Balaban J connectivity index is 2.32. The SMILES string of the molecule is COC(=O)c1ccnc(N2CCN(C)C(C)(C)C2)c1N. The highest BCUT2D eigenvalue weighted by Gasteiger charge is 2.32. The van der Waals surface area contributed by atoms with Gasteiger partial charge in [0.1, 0.15) is 0 Å². The molecule has 0 saturated carbocycles. The lowest BCUT2D eigenvalue weighted by atomic mass is 9.99. The van der Waals surface area contributed by atoms with Crippen LogP contribution < -0.4 is 10.6 Å². The summed E-state index contributed by atoms with van der Waals surface area (Å²) in [6, 6.07) is 1.59. The molecule has 2 N–H and O–H groups in total. The number of carbonyl (C=O) groups is 1. The number of ether oxygens (including phenoxy) is 1. The number of nitrogens with zero attached hydrogens (tertiary/aromatic N) is 3. The molecule has 1 aliphatic rings. The van der Waals surface area contributed by atoms with E-state index in [0.717, 1.165) is 19.6 Å². The Kier molecular flexibility index (Phi) is 3.85. The van der Waals surface area contributed by atoms with E-state index in [2.05, 4.69) is 35.7 Å². The maximum absolute atomic E-state index is 11.7. The second-order valence-corrected chi connectivity index (χ2v) is 5.74. The minimum atomic E-state index is -0.431. The fraction of sp³-hybridized carbons (Fsp3) is 0.571. The number of methoxy groups -OCH3 is 1. The molecular weight excluding hydrogens is 256 g/mol. The highest BCUT2D eigenvalue weighted by atomic mass is 16.5. The highest BCUT2D eigenvalue weighted by Crippen LogP contribution is 2.29. The van der Waals surface area contributed by atoms with Crippen molar-refractivity contribution in [2.24, 2.45) is 0 Å². The van der Waals surface area contributed by atoms with Gasteiger partial charge in [-0.1, -0.05) is 0 Å². The van der Waals surface area contributed by atoms with Crippen LogP contribution in [0.4, 0.5) is 11.5 Å². The molecular formula is C14H22N4O2. The lowest BCUT2D eigenvalue weighted by Gasteiger charge is -2.46. The number of rotatable bonds is 2. The molecule has 110 valence electrons. The van der Waals surface area contributed by atoms with Gasteiger partial charge in [0.2, 0.25) is 0 Å². The van der Waals surface area contributed by atoms with Crippen molar-refractivity contribution in [3.05, 3.63) is 17.8 Å². The number of anilines is 2. The molecule has 0 aliphatic carbocycles. The maximum atomic E-state index is 11.7. The highest BCUT2D eigenvalue weighted by molar-refractivity contribution is 5.97. The number of piperazine rings is 1. The molecule has 0 radical (unpaired) electrons. The van der Waals surface area contributed by atoms with Crippen molar-refractivity contribution < 1.29 is 9.53 Å². The lowest BCUT2D eigenvalue weighted by Crippen LogP contribution is -2.58. The van der Waals surface area contributed by atoms with Crippen LogP contribution in [0.3, 0.4) is 0 Å². The van der Waals surface area contributed by atoms with Gasteiger partial charge in [0.15, 0.2) is 5.82 Å². The van der Waals surface area contributed by atoms with E-state index in [-0.39, 0.29) is 5.54 Å². The molecule has 0 atom stereocenters. The second kappa shape index (κ2) is 5.28. The van der Waals surface area contributed by atoms with Crippen molar-refractivity contribution in [3.63, 3.8) is 0 Å². The second-order valence-electron chi connectivity index (χ2n) is 5.74. The molecule has 2 rings (SSSR count). The van der Waals surface area contributed by atoms with Crippen molar-refractivity contribution >= 4 is 17.5 Å². The number of pyridine rings is 1. The summed E-state index contributed by atoms with van der Waals surface area (Å²) >= 11 is 0. The van der Waals surface area contributed by atoms with E-state index in [1.807, 2.05) is 0 Å². The number of hydrogen-bond donors (Lipinski definition) is 1. The predicted octanol–water partition coefficient (Wildman–Crippen LogP) is 0.981. The topological polar surface area (TPSA) is 71.7 Å². The molecule has 0 spiro atoms. The largest absolute Gasteiger partial charge is 0.465 e. The van der Waals surface area contributed by atoms with Gasteiger partial charge >= 0.3 is 5.97 Å². The van der Waals surface area contributed by atoms with Crippen molar-refractivity contribution in [1.82, 2.24) is 9.88 Å². The van der Waals surface area contributed by atoms with Gasteiger partial charge in [0.25, 0.3) is 0 Å². The number of esters is 1. The Hall–Kier alpha value is -1.82. The molecule has 1 aliphatic heterocycles. The first-order chi connectivity index (χ1) is 9.36.